The fraction of sp³-hybridized carbons (Fsp3) is 0.857. The highest BCUT2D eigenvalue weighted by Gasteiger charge is 2.08. The second kappa shape index (κ2) is 5.43. The second-order valence-corrected chi connectivity index (χ2v) is 4.40. The van der Waals surface area contributed by atoms with Gasteiger partial charge in [0.15, 0.2) is 0 Å². The summed E-state index contributed by atoms with van der Waals surface area (Å²) in [5.41, 5.74) is 10.4. The van der Waals surface area contributed by atoms with Gasteiger partial charge in [-0.2, -0.15) is 11.8 Å². The monoisotopic (exact) mass is 176 g/mol. The largest absolute Gasteiger partial charge is 0.368 e. The molecule has 0 aliphatic rings. The highest BCUT2D eigenvalue weighted by Crippen LogP contribution is 2.10. The summed E-state index contributed by atoms with van der Waals surface area (Å²) < 4.78 is 0. The van der Waals surface area contributed by atoms with Gasteiger partial charge in [0.25, 0.3) is 0 Å². The maximum Gasteiger partial charge on any atom is 0.234 e. The van der Waals surface area contributed by atoms with Crippen LogP contribution in [0.5, 0.6) is 0 Å². The summed E-state index contributed by atoms with van der Waals surface area (Å²) in [4.78, 5) is 10.5. The van der Waals surface area contributed by atoms with Crippen LogP contribution in [0, 0.1) is 0 Å². The molecule has 0 aromatic carbocycles. The van der Waals surface area contributed by atoms with Crippen LogP contribution in [-0.2, 0) is 4.79 Å². The minimum absolute atomic E-state index is 0.408. The molecule has 0 saturated heterocycles. The zero-order valence-electron chi connectivity index (χ0n) is 7.04. The first kappa shape index (κ1) is 10.8. The molecule has 0 rings (SSSR count). The summed E-state index contributed by atoms with van der Waals surface area (Å²) in [5.74, 6) is 0.497. The lowest BCUT2D eigenvalue weighted by atomic mass is 10.2. The molecule has 0 saturated carbocycles. The Morgan fingerprint density at radius 1 is 1.55 bits per heavy atom. The molecular formula is C7H16N2OS. The Morgan fingerprint density at radius 3 is 2.45 bits per heavy atom. The van der Waals surface area contributed by atoms with E-state index in [0.717, 1.165) is 5.75 Å². The first-order valence-electron chi connectivity index (χ1n) is 3.70. The number of thioether (sulfide) groups is 1. The Labute approximate surface area is 71.9 Å². The molecule has 0 unspecified atom stereocenters. The number of hydrogen-bond donors (Lipinski definition) is 2. The zero-order valence-corrected chi connectivity index (χ0v) is 7.86. The Morgan fingerprint density at radius 2 is 2.09 bits per heavy atom. The van der Waals surface area contributed by atoms with Crippen LogP contribution < -0.4 is 11.5 Å². The lowest BCUT2D eigenvalue weighted by Crippen LogP contribution is -2.36. The first-order chi connectivity index (χ1) is 5.04. The zero-order chi connectivity index (χ0) is 8.85. The van der Waals surface area contributed by atoms with E-state index in [4.69, 9.17) is 11.5 Å². The van der Waals surface area contributed by atoms with Crippen molar-refractivity contribution in [2.24, 2.45) is 11.5 Å². The summed E-state index contributed by atoms with van der Waals surface area (Å²) in [6, 6.07) is -0.471. The maximum absolute atomic E-state index is 10.5. The fourth-order valence-electron chi connectivity index (χ4n) is 0.573. The van der Waals surface area contributed by atoms with Crippen molar-refractivity contribution in [3.8, 4) is 0 Å². The maximum atomic E-state index is 10.5. The SMILES string of the molecule is CC(C)SCC[C@@H](N)C(N)=O. The molecule has 11 heavy (non-hydrogen) atoms. The lowest BCUT2D eigenvalue weighted by Gasteiger charge is -2.07. The minimum atomic E-state index is -0.471. The third kappa shape index (κ3) is 6.19. The van der Waals surface area contributed by atoms with E-state index in [-0.39, 0.29) is 0 Å². The minimum Gasteiger partial charge on any atom is -0.368 e. The Bertz CT molecular complexity index is 128. The number of carbonyl (C=O) groups excluding carboxylic acids is 1. The number of primary amides is 1. The molecule has 4 heteroatoms. The quantitative estimate of drug-likeness (QED) is 0.634. The molecule has 0 heterocycles. The number of hydrogen-bond acceptors (Lipinski definition) is 3. The normalized spacial score (nSPS) is 13.5. The van der Waals surface area contributed by atoms with E-state index in [1.165, 1.54) is 0 Å². The lowest BCUT2D eigenvalue weighted by molar-refractivity contribution is -0.119. The van der Waals surface area contributed by atoms with Gasteiger partial charge < -0.3 is 11.5 Å². The summed E-state index contributed by atoms with van der Waals surface area (Å²) in [6.07, 6.45) is 0.679. The van der Waals surface area contributed by atoms with E-state index in [1.54, 1.807) is 11.8 Å². The van der Waals surface area contributed by atoms with Crippen molar-refractivity contribution in [2.75, 3.05) is 5.75 Å². The van der Waals surface area contributed by atoms with Crippen LogP contribution in [0.2, 0.25) is 0 Å². The van der Waals surface area contributed by atoms with Gasteiger partial charge in [0.1, 0.15) is 0 Å². The van der Waals surface area contributed by atoms with Crippen LogP contribution in [-0.4, -0.2) is 23.0 Å². The second-order valence-electron chi connectivity index (χ2n) is 2.72. The van der Waals surface area contributed by atoms with Crippen LogP contribution in [0.4, 0.5) is 0 Å². The Kier molecular flexibility index (Phi) is 5.32. The van der Waals surface area contributed by atoms with E-state index >= 15 is 0 Å². The Hall–Kier alpha value is -0.220. The topological polar surface area (TPSA) is 69.1 Å². The summed E-state index contributed by atoms with van der Waals surface area (Å²) >= 11 is 1.79. The van der Waals surface area contributed by atoms with Crippen LogP contribution in [0.1, 0.15) is 20.3 Å². The molecule has 3 nitrogen and oxygen atoms in total. The van der Waals surface area contributed by atoms with Crippen molar-refractivity contribution in [3.05, 3.63) is 0 Å². The number of amides is 1. The van der Waals surface area contributed by atoms with Crippen LogP contribution in [0.15, 0.2) is 0 Å². The van der Waals surface area contributed by atoms with E-state index in [9.17, 15) is 4.79 Å². The molecule has 0 aromatic rings. The number of carbonyl (C=O) groups is 1. The van der Waals surface area contributed by atoms with Gasteiger partial charge in [0.05, 0.1) is 6.04 Å². The van der Waals surface area contributed by atoms with E-state index < -0.39 is 11.9 Å². The Balaban J connectivity index is 3.31. The van der Waals surface area contributed by atoms with Gasteiger partial charge >= 0.3 is 0 Å². The van der Waals surface area contributed by atoms with Crippen LogP contribution in [0.3, 0.4) is 0 Å². The van der Waals surface area contributed by atoms with Crippen LogP contribution in [0.25, 0.3) is 0 Å². The molecule has 0 aliphatic heterocycles. The summed E-state index contributed by atoms with van der Waals surface area (Å²) in [7, 11) is 0. The van der Waals surface area contributed by atoms with E-state index in [0.29, 0.717) is 11.7 Å². The van der Waals surface area contributed by atoms with Crippen LogP contribution >= 0.6 is 11.8 Å². The molecule has 0 bridgehead atoms. The molecule has 0 radical (unpaired) electrons. The number of rotatable bonds is 5. The average molecular weight is 176 g/mol. The first-order valence-corrected chi connectivity index (χ1v) is 4.75. The number of nitrogens with two attached hydrogens (primary N) is 2. The smallest absolute Gasteiger partial charge is 0.234 e. The highest BCUT2D eigenvalue weighted by atomic mass is 32.2. The molecule has 1 atom stereocenters. The van der Waals surface area contributed by atoms with Crippen molar-refractivity contribution in [1.82, 2.24) is 0 Å². The predicted molar refractivity (Wildman–Crippen MR) is 49.4 cm³/mol. The van der Waals surface area contributed by atoms with Gasteiger partial charge in [0.2, 0.25) is 5.91 Å². The molecular weight excluding hydrogens is 160 g/mol. The third-order valence-electron chi connectivity index (χ3n) is 1.25. The fourth-order valence-corrected chi connectivity index (χ4v) is 1.43. The van der Waals surface area contributed by atoms with E-state index in [2.05, 4.69) is 13.8 Å². The van der Waals surface area contributed by atoms with Gasteiger partial charge in [-0.1, -0.05) is 13.8 Å². The van der Waals surface area contributed by atoms with Gasteiger partial charge in [0, 0.05) is 0 Å². The third-order valence-corrected chi connectivity index (χ3v) is 2.38. The molecule has 0 fully saturated rings. The summed E-state index contributed by atoms with van der Waals surface area (Å²) in [6.45, 7) is 4.22. The molecule has 0 aromatic heterocycles. The average Bonchev–Trinajstić information content (AvgIpc) is 1.86. The van der Waals surface area contributed by atoms with Gasteiger partial charge in [-0.05, 0) is 17.4 Å². The van der Waals surface area contributed by atoms with Crippen molar-refractivity contribution in [3.63, 3.8) is 0 Å². The summed E-state index contributed by atoms with van der Waals surface area (Å²) in [5, 5.41) is 0.593. The molecule has 4 N–H and O–H groups in total. The van der Waals surface area contributed by atoms with Crippen molar-refractivity contribution in [1.29, 1.82) is 0 Å². The molecule has 1 amide bonds. The van der Waals surface area contributed by atoms with E-state index in [1.807, 2.05) is 0 Å². The molecule has 66 valence electrons. The van der Waals surface area contributed by atoms with Crippen molar-refractivity contribution >= 4 is 17.7 Å². The molecule has 0 spiro atoms. The van der Waals surface area contributed by atoms with Crippen molar-refractivity contribution < 1.29 is 4.79 Å². The van der Waals surface area contributed by atoms with Gasteiger partial charge in [-0.25, -0.2) is 0 Å². The predicted octanol–water partition coefficient (Wildman–Crippen LogP) is 0.331. The molecule has 0 aliphatic carbocycles. The van der Waals surface area contributed by atoms with Gasteiger partial charge in [-0.3, -0.25) is 4.79 Å². The van der Waals surface area contributed by atoms with Crippen molar-refractivity contribution in [2.45, 2.75) is 31.6 Å². The standard InChI is InChI=1S/C7H16N2OS/c1-5(2)11-4-3-6(8)7(9)10/h5-6H,3-4,8H2,1-2H3,(H2,9,10)/t6-/m1/s1. The van der Waals surface area contributed by atoms with Gasteiger partial charge in [-0.15, -0.1) is 0 Å². The highest BCUT2D eigenvalue weighted by molar-refractivity contribution is 7.99.